The molecule has 5 heteroatoms. The Bertz CT molecular complexity index is 668. The van der Waals surface area contributed by atoms with Gasteiger partial charge in [0.1, 0.15) is 6.04 Å². The van der Waals surface area contributed by atoms with Crippen molar-refractivity contribution in [3.63, 3.8) is 0 Å². The predicted octanol–water partition coefficient (Wildman–Crippen LogP) is 2.72. The van der Waals surface area contributed by atoms with Crippen LogP contribution in [0.4, 0.5) is 0 Å². The Balaban J connectivity index is 2.20. The smallest absolute Gasteiger partial charge is 0.245 e. The minimum Gasteiger partial charge on any atom is -0.355 e. The number of likely N-dealkylation sites (N-methyl/N-ethyl adjacent to an activating group) is 1. The van der Waals surface area contributed by atoms with Gasteiger partial charge < -0.3 is 5.32 Å². The van der Waals surface area contributed by atoms with Crippen molar-refractivity contribution in [1.82, 2.24) is 15.3 Å². The second-order valence-electron chi connectivity index (χ2n) is 5.52. The van der Waals surface area contributed by atoms with Crippen molar-refractivity contribution in [2.75, 3.05) is 6.54 Å². The number of hydrogen-bond donors (Lipinski definition) is 1. The number of aromatic nitrogens is 2. The van der Waals surface area contributed by atoms with E-state index in [0.717, 1.165) is 11.4 Å². The fourth-order valence-electron chi connectivity index (χ4n) is 2.16. The van der Waals surface area contributed by atoms with Crippen LogP contribution in [-0.4, -0.2) is 34.7 Å². The van der Waals surface area contributed by atoms with Crippen LogP contribution in [0.5, 0.6) is 0 Å². The lowest BCUT2D eigenvalue weighted by molar-refractivity contribution is -0.123. The van der Waals surface area contributed by atoms with Crippen LogP contribution < -0.4 is 5.32 Å². The summed E-state index contributed by atoms with van der Waals surface area (Å²) in [6.45, 7) is 6.46. The van der Waals surface area contributed by atoms with Crippen molar-refractivity contribution >= 4 is 12.1 Å². The molecule has 1 unspecified atom stereocenters. The van der Waals surface area contributed by atoms with E-state index in [0.29, 0.717) is 12.2 Å². The molecule has 23 heavy (non-hydrogen) atoms. The van der Waals surface area contributed by atoms with Gasteiger partial charge in [0.15, 0.2) is 0 Å². The van der Waals surface area contributed by atoms with Gasteiger partial charge in [-0.2, -0.15) is 0 Å². The molecule has 1 N–H and O–H groups in total. The van der Waals surface area contributed by atoms with Gasteiger partial charge >= 0.3 is 0 Å². The second-order valence-corrected chi connectivity index (χ2v) is 5.52. The van der Waals surface area contributed by atoms with Crippen LogP contribution in [0.3, 0.4) is 0 Å². The van der Waals surface area contributed by atoms with E-state index >= 15 is 0 Å². The third kappa shape index (κ3) is 4.71. The molecule has 0 radical (unpaired) electrons. The van der Waals surface area contributed by atoms with E-state index in [4.69, 9.17) is 0 Å². The quantitative estimate of drug-likeness (QED) is 0.834. The molecule has 1 atom stereocenters. The number of amides is 1. The first-order valence-electron chi connectivity index (χ1n) is 7.81. The maximum atomic E-state index is 12.0. The average molecular weight is 310 g/mol. The lowest BCUT2D eigenvalue weighted by atomic mass is 10.0. The molecule has 0 aliphatic carbocycles. The molecule has 5 nitrogen and oxygen atoms in total. The van der Waals surface area contributed by atoms with Crippen molar-refractivity contribution in [3.05, 3.63) is 48.3 Å². The minimum absolute atomic E-state index is 0.0559. The summed E-state index contributed by atoms with van der Waals surface area (Å²) in [5.74, 6) is 0.0661. The monoisotopic (exact) mass is 310 g/mol. The second kappa shape index (κ2) is 8.17. The number of nitrogens with zero attached hydrogens (tertiary/aromatic N) is 3. The fourth-order valence-corrected chi connectivity index (χ4v) is 2.16. The molecule has 0 spiro atoms. The van der Waals surface area contributed by atoms with E-state index in [1.165, 1.54) is 0 Å². The Morgan fingerprint density at radius 2 is 2.00 bits per heavy atom. The number of pyridine rings is 2. The van der Waals surface area contributed by atoms with Crippen LogP contribution in [0.15, 0.2) is 47.6 Å². The number of rotatable bonds is 6. The molecule has 0 saturated carbocycles. The number of carbonyl (C=O) groups is 1. The Kier molecular flexibility index (Phi) is 5.97. The molecule has 0 saturated heterocycles. The number of aliphatic imine (C=N–C) groups is 1. The number of hydrogen-bond acceptors (Lipinski definition) is 4. The third-order valence-corrected chi connectivity index (χ3v) is 3.32. The van der Waals surface area contributed by atoms with E-state index in [2.05, 4.69) is 20.3 Å². The molecule has 0 fully saturated rings. The summed E-state index contributed by atoms with van der Waals surface area (Å²) in [5, 5.41) is 2.82. The SMILES string of the molecule is CCNC(=O)C(N=Cc1cccc(-c2ccccn2)n1)C(C)C. The van der Waals surface area contributed by atoms with Gasteiger partial charge in [-0.15, -0.1) is 0 Å². The van der Waals surface area contributed by atoms with Gasteiger partial charge in [0.2, 0.25) is 5.91 Å². The molecule has 0 aliphatic heterocycles. The fraction of sp³-hybridized carbons (Fsp3) is 0.333. The van der Waals surface area contributed by atoms with Crippen molar-refractivity contribution in [2.24, 2.45) is 10.9 Å². The van der Waals surface area contributed by atoms with Gasteiger partial charge in [0, 0.05) is 19.0 Å². The van der Waals surface area contributed by atoms with Gasteiger partial charge in [0.25, 0.3) is 0 Å². The molecular weight excluding hydrogens is 288 g/mol. The first kappa shape index (κ1) is 16.8. The maximum Gasteiger partial charge on any atom is 0.245 e. The van der Waals surface area contributed by atoms with Gasteiger partial charge in [-0.05, 0) is 37.1 Å². The molecule has 2 aromatic rings. The van der Waals surface area contributed by atoms with Crippen LogP contribution in [-0.2, 0) is 4.79 Å². The molecule has 2 rings (SSSR count). The summed E-state index contributed by atoms with van der Waals surface area (Å²) in [4.78, 5) is 25.3. The summed E-state index contributed by atoms with van der Waals surface area (Å²) >= 11 is 0. The normalized spacial score (nSPS) is 12.5. The first-order chi connectivity index (χ1) is 11.1. The summed E-state index contributed by atoms with van der Waals surface area (Å²) in [6.07, 6.45) is 3.40. The first-order valence-corrected chi connectivity index (χ1v) is 7.81. The Morgan fingerprint density at radius 1 is 1.22 bits per heavy atom. The maximum absolute atomic E-state index is 12.0. The Labute approximate surface area is 136 Å². The summed E-state index contributed by atoms with van der Waals surface area (Å²) in [7, 11) is 0. The number of carbonyl (C=O) groups excluding carboxylic acids is 1. The lowest BCUT2D eigenvalue weighted by Gasteiger charge is -2.15. The zero-order valence-electron chi connectivity index (χ0n) is 13.7. The Hall–Kier alpha value is -2.56. The van der Waals surface area contributed by atoms with Gasteiger partial charge in [-0.3, -0.25) is 14.8 Å². The molecule has 120 valence electrons. The third-order valence-electron chi connectivity index (χ3n) is 3.32. The molecule has 1 amide bonds. The van der Waals surface area contributed by atoms with Crippen molar-refractivity contribution in [1.29, 1.82) is 0 Å². The van der Waals surface area contributed by atoms with Crippen LogP contribution in [0.25, 0.3) is 11.4 Å². The van der Waals surface area contributed by atoms with Crippen LogP contribution in [0.2, 0.25) is 0 Å². The molecule has 0 aromatic carbocycles. The molecule has 2 heterocycles. The molecule has 0 aliphatic rings. The zero-order valence-corrected chi connectivity index (χ0v) is 13.7. The summed E-state index contributed by atoms with van der Waals surface area (Å²) in [6, 6.07) is 11.0. The van der Waals surface area contributed by atoms with Crippen LogP contribution >= 0.6 is 0 Å². The average Bonchev–Trinajstić information content (AvgIpc) is 2.56. The van der Waals surface area contributed by atoms with E-state index in [9.17, 15) is 4.79 Å². The zero-order chi connectivity index (χ0) is 16.7. The van der Waals surface area contributed by atoms with Crippen molar-refractivity contribution in [2.45, 2.75) is 26.8 Å². The summed E-state index contributed by atoms with van der Waals surface area (Å²) < 4.78 is 0. The highest BCUT2D eigenvalue weighted by Crippen LogP contribution is 2.13. The molecule has 2 aromatic heterocycles. The summed E-state index contributed by atoms with van der Waals surface area (Å²) in [5.41, 5.74) is 2.31. The number of nitrogens with one attached hydrogen (secondary N) is 1. The van der Waals surface area contributed by atoms with Crippen molar-refractivity contribution in [3.8, 4) is 11.4 Å². The van der Waals surface area contributed by atoms with E-state index in [-0.39, 0.29) is 11.8 Å². The van der Waals surface area contributed by atoms with E-state index < -0.39 is 6.04 Å². The van der Waals surface area contributed by atoms with E-state index in [1.54, 1.807) is 12.4 Å². The minimum atomic E-state index is -0.407. The molecular formula is C18H22N4O. The Morgan fingerprint density at radius 3 is 2.65 bits per heavy atom. The van der Waals surface area contributed by atoms with Crippen LogP contribution in [0, 0.1) is 5.92 Å². The predicted molar refractivity (Wildman–Crippen MR) is 92.4 cm³/mol. The van der Waals surface area contributed by atoms with Crippen LogP contribution in [0.1, 0.15) is 26.5 Å². The van der Waals surface area contributed by atoms with Gasteiger partial charge in [-0.25, -0.2) is 4.98 Å². The van der Waals surface area contributed by atoms with Gasteiger partial charge in [0.05, 0.1) is 17.1 Å². The standard InChI is InChI=1S/C18H22N4O/c1-4-19-18(23)17(13(2)3)21-12-14-8-7-10-16(22-14)15-9-5-6-11-20-15/h5-13,17H,4H2,1-3H3,(H,19,23). The topological polar surface area (TPSA) is 67.2 Å². The highest BCUT2D eigenvalue weighted by molar-refractivity contribution is 5.86. The lowest BCUT2D eigenvalue weighted by Crippen LogP contribution is -2.36. The highest BCUT2D eigenvalue weighted by Gasteiger charge is 2.19. The molecule has 0 bridgehead atoms. The largest absolute Gasteiger partial charge is 0.355 e. The van der Waals surface area contributed by atoms with Crippen molar-refractivity contribution < 1.29 is 4.79 Å². The van der Waals surface area contributed by atoms with E-state index in [1.807, 2.05) is 57.2 Å². The highest BCUT2D eigenvalue weighted by atomic mass is 16.2. The van der Waals surface area contributed by atoms with Gasteiger partial charge in [-0.1, -0.05) is 26.0 Å².